The van der Waals surface area contributed by atoms with Crippen LogP contribution >= 0.6 is 0 Å². The molecule has 3 heteroatoms. The highest BCUT2D eigenvalue weighted by Gasteiger charge is 2.31. The predicted molar refractivity (Wildman–Crippen MR) is 51.3 cm³/mol. The summed E-state index contributed by atoms with van der Waals surface area (Å²) in [6.45, 7) is 2.36. The van der Waals surface area contributed by atoms with Crippen molar-refractivity contribution < 1.29 is 9.90 Å². The molecule has 0 heterocycles. The number of rotatable bonds is 3. The number of carbonyl (C=O) groups excluding carboxylic acids is 1. The lowest BCUT2D eigenvalue weighted by Crippen LogP contribution is -2.40. The Balaban J connectivity index is 2.42. The molecule has 13 heavy (non-hydrogen) atoms. The van der Waals surface area contributed by atoms with E-state index in [1.165, 1.54) is 26.2 Å². The van der Waals surface area contributed by atoms with Gasteiger partial charge in [-0.05, 0) is 12.8 Å². The Morgan fingerprint density at radius 1 is 1.38 bits per heavy atom. The molecule has 0 unspecified atom stereocenters. The molecule has 0 saturated heterocycles. The zero-order chi connectivity index (χ0) is 9.73. The highest BCUT2D eigenvalue weighted by atomic mass is 16.3. The van der Waals surface area contributed by atoms with E-state index in [0.717, 1.165) is 12.8 Å². The van der Waals surface area contributed by atoms with E-state index in [4.69, 9.17) is 0 Å². The van der Waals surface area contributed by atoms with E-state index in [1.54, 1.807) is 0 Å². The Morgan fingerprint density at radius 2 is 2.00 bits per heavy atom. The molecule has 2 N–H and O–H groups in total. The van der Waals surface area contributed by atoms with Crippen molar-refractivity contribution in [2.45, 2.75) is 39.0 Å². The fourth-order valence-electron chi connectivity index (χ4n) is 2.00. The van der Waals surface area contributed by atoms with Crippen LogP contribution < -0.4 is 5.32 Å². The Labute approximate surface area is 79.5 Å². The summed E-state index contributed by atoms with van der Waals surface area (Å²) >= 11 is 0. The van der Waals surface area contributed by atoms with Crippen LogP contribution in [0.5, 0.6) is 0 Å². The SMILES string of the molecule is CC(=O)NCC1(CO)CCCCC1. The summed E-state index contributed by atoms with van der Waals surface area (Å²) < 4.78 is 0. The molecule has 1 saturated carbocycles. The summed E-state index contributed by atoms with van der Waals surface area (Å²) in [6, 6.07) is 0. The van der Waals surface area contributed by atoms with Crippen molar-refractivity contribution in [3.05, 3.63) is 0 Å². The van der Waals surface area contributed by atoms with Gasteiger partial charge in [0.05, 0.1) is 6.61 Å². The van der Waals surface area contributed by atoms with Gasteiger partial charge in [0, 0.05) is 18.9 Å². The molecule has 1 rings (SSSR count). The number of amides is 1. The van der Waals surface area contributed by atoms with Gasteiger partial charge in [-0.25, -0.2) is 0 Å². The molecule has 76 valence electrons. The van der Waals surface area contributed by atoms with Gasteiger partial charge in [0.1, 0.15) is 0 Å². The molecule has 0 aromatic rings. The molecule has 0 aliphatic heterocycles. The van der Waals surface area contributed by atoms with Crippen LogP contribution in [0.15, 0.2) is 0 Å². The van der Waals surface area contributed by atoms with Crippen molar-refractivity contribution in [3.63, 3.8) is 0 Å². The summed E-state index contributed by atoms with van der Waals surface area (Å²) in [5.41, 5.74) is -0.0239. The van der Waals surface area contributed by atoms with Crippen LogP contribution in [0.1, 0.15) is 39.0 Å². The quantitative estimate of drug-likeness (QED) is 0.691. The fraction of sp³-hybridized carbons (Fsp3) is 0.900. The summed E-state index contributed by atoms with van der Waals surface area (Å²) in [4.78, 5) is 10.8. The Hall–Kier alpha value is -0.570. The van der Waals surface area contributed by atoms with Gasteiger partial charge >= 0.3 is 0 Å². The van der Waals surface area contributed by atoms with Gasteiger partial charge in [0.15, 0.2) is 0 Å². The number of aliphatic hydroxyl groups is 1. The lowest BCUT2D eigenvalue weighted by molar-refractivity contribution is -0.119. The lowest BCUT2D eigenvalue weighted by Gasteiger charge is -2.35. The first-order chi connectivity index (χ1) is 6.18. The summed E-state index contributed by atoms with van der Waals surface area (Å²) in [6.07, 6.45) is 5.72. The minimum atomic E-state index is -0.0239. The first-order valence-electron chi connectivity index (χ1n) is 5.04. The molecule has 0 atom stereocenters. The normalized spacial score (nSPS) is 21.1. The number of hydrogen-bond acceptors (Lipinski definition) is 2. The average Bonchev–Trinajstić information content (AvgIpc) is 2.16. The van der Waals surface area contributed by atoms with E-state index in [2.05, 4.69) is 5.32 Å². The average molecular weight is 185 g/mol. The van der Waals surface area contributed by atoms with Gasteiger partial charge in [0.25, 0.3) is 0 Å². The first kappa shape index (κ1) is 10.5. The molecule has 0 radical (unpaired) electrons. The van der Waals surface area contributed by atoms with Gasteiger partial charge in [0.2, 0.25) is 5.91 Å². The number of carbonyl (C=O) groups is 1. The van der Waals surface area contributed by atoms with Crippen LogP contribution in [-0.4, -0.2) is 24.2 Å². The molecule has 0 aromatic heterocycles. The van der Waals surface area contributed by atoms with Gasteiger partial charge < -0.3 is 10.4 Å². The van der Waals surface area contributed by atoms with E-state index in [1.807, 2.05) is 0 Å². The first-order valence-corrected chi connectivity index (χ1v) is 5.04. The van der Waals surface area contributed by atoms with Gasteiger partial charge in [-0.3, -0.25) is 4.79 Å². The lowest BCUT2D eigenvalue weighted by atomic mass is 9.74. The predicted octanol–water partition coefficient (Wildman–Crippen LogP) is 1.07. The fourth-order valence-corrected chi connectivity index (χ4v) is 2.00. The van der Waals surface area contributed by atoms with Gasteiger partial charge in [-0.2, -0.15) is 0 Å². The molecule has 3 nitrogen and oxygen atoms in total. The van der Waals surface area contributed by atoms with Crippen LogP contribution in [0.25, 0.3) is 0 Å². The minimum Gasteiger partial charge on any atom is -0.396 e. The van der Waals surface area contributed by atoms with Crippen molar-refractivity contribution in [1.82, 2.24) is 5.32 Å². The summed E-state index contributed by atoms with van der Waals surface area (Å²) in [5.74, 6) is -0.00148. The molecule has 1 aliphatic rings. The molecule has 0 bridgehead atoms. The molecule has 1 fully saturated rings. The van der Waals surface area contributed by atoms with Crippen molar-refractivity contribution in [1.29, 1.82) is 0 Å². The zero-order valence-electron chi connectivity index (χ0n) is 8.31. The third-order valence-corrected chi connectivity index (χ3v) is 2.96. The van der Waals surface area contributed by atoms with E-state index in [0.29, 0.717) is 6.54 Å². The topological polar surface area (TPSA) is 49.3 Å². The summed E-state index contributed by atoms with van der Waals surface area (Å²) in [7, 11) is 0. The maximum absolute atomic E-state index is 10.8. The third-order valence-electron chi connectivity index (χ3n) is 2.96. The second-order valence-corrected chi connectivity index (χ2v) is 4.13. The van der Waals surface area contributed by atoms with Crippen molar-refractivity contribution in [2.75, 3.05) is 13.2 Å². The minimum absolute atomic E-state index is 0.00148. The maximum Gasteiger partial charge on any atom is 0.216 e. The number of hydrogen-bond donors (Lipinski definition) is 2. The van der Waals surface area contributed by atoms with Crippen molar-refractivity contribution in [2.24, 2.45) is 5.41 Å². The highest BCUT2D eigenvalue weighted by Crippen LogP contribution is 2.35. The van der Waals surface area contributed by atoms with E-state index in [9.17, 15) is 9.90 Å². The van der Waals surface area contributed by atoms with Crippen LogP contribution in [0.4, 0.5) is 0 Å². The summed E-state index contributed by atoms with van der Waals surface area (Å²) in [5, 5.41) is 12.1. The Kier molecular flexibility index (Phi) is 3.72. The van der Waals surface area contributed by atoms with Crippen molar-refractivity contribution >= 4 is 5.91 Å². The molecular formula is C10H19NO2. The van der Waals surface area contributed by atoms with Gasteiger partial charge in [-0.15, -0.1) is 0 Å². The molecule has 0 aromatic carbocycles. The maximum atomic E-state index is 10.8. The molecular weight excluding hydrogens is 166 g/mol. The largest absolute Gasteiger partial charge is 0.396 e. The second kappa shape index (κ2) is 4.61. The zero-order valence-corrected chi connectivity index (χ0v) is 8.31. The number of aliphatic hydroxyl groups excluding tert-OH is 1. The van der Waals surface area contributed by atoms with E-state index in [-0.39, 0.29) is 17.9 Å². The molecule has 1 aliphatic carbocycles. The Morgan fingerprint density at radius 3 is 2.46 bits per heavy atom. The van der Waals surface area contributed by atoms with Crippen molar-refractivity contribution in [3.8, 4) is 0 Å². The van der Waals surface area contributed by atoms with Gasteiger partial charge in [-0.1, -0.05) is 19.3 Å². The molecule has 0 spiro atoms. The van der Waals surface area contributed by atoms with Crippen LogP contribution in [0, 0.1) is 5.41 Å². The monoisotopic (exact) mass is 185 g/mol. The van der Waals surface area contributed by atoms with E-state index < -0.39 is 0 Å². The standard InChI is InChI=1S/C10H19NO2/c1-9(13)11-7-10(8-12)5-3-2-4-6-10/h12H,2-8H2,1H3,(H,11,13). The third kappa shape index (κ3) is 2.99. The van der Waals surface area contributed by atoms with E-state index >= 15 is 0 Å². The number of nitrogens with one attached hydrogen (secondary N) is 1. The van der Waals surface area contributed by atoms with Crippen LogP contribution in [0.3, 0.4) is 0 Å². The van der Waals surface area contributed by atoms with Crippen LogP contribution in [-0.2, 0) is 4.79 Å². The second-order valence-electron chi connectivity index (χ2n) is 4.13. The Bertz CT molecular complexity index is 174. The smallest absolute Gasteiger partial charge is 0.216 e. The highest BCUT2D eigenvalue weighted by molar-refractivity contribution is 5.72. The molecule has 1 amide bonds. The van der Waals surface area contributed by atoms with Crippen LogP contribution in [0.2, 0.25) is 0 Å².